The van der Waals surface area contributed by atoms with Crippen molar-refractivity contribution in [1.29, 1.82) is 0 Å². The first-order valence-corrected chi connectivity index (χ1v) is 14.6. The SMILES string of the molecule is CCOC(=O)[C@H]1[C@H](C(=O)OCC)[C@H]2C[C@@H]1c1c2c(C(=O)OC)c2c3cccc4ccc5cccc(c2c1C(=O)OC)c5c43. The molecule has 218 valence electrons. The third kappa shape index (κ3) is 3.55. The van der Waals surface area contributed by atoms with Gasteiger partial charge >= 0.3 is 23.9 Å². The fourth-order valence-electron chi connectivity index (χ4n) is 8.06. The summed E-state index contributed by atoms with van der Waals surface area (Å²) in [6.07, 6.45) is 0.376. The summed E-state index contributed by atoms with van der Waals surface area (Å²) in [6.45, 7) is 3.70. The normalized spacial score (nSPS) is 20.6. The molecule has 5 aromatic carbocycles. The number of carbonyl (C=O) groups is 4. The Morgan fingerprint density at radius 1 is 0.628 bits per heavy atom. The van der Waals surface area contributed by atoms with Gasteiger partial charge < -0.3 is 18.9 Å². The van der Waals surface area contributed by atoms with E-state index in [4.69, 9.17) is 18.9 Å². The van der Waals surface area contributed by atoms with Crippen LogP contribution >= 0.6 is 0 Å². The number of benzene rings is 5. The highest BCUT2D eigenvalue weighted by atomic mass is 16.5. The first kappa shape index (κ1) is 27.1. The Labute approximate surface area is 247 Å². The molecule has 0 heterocycles. The Hall–Kier alpha value is -4.72. The lowest BCUT2D eigenvalue weighted by Gasteiger charge is -2.33. The van der Waals surface area contributed by atoms with E-state index >= 15 is 0 Å². The van der Waals surface area contributed by atoms with Crippen LogP contribution in [0.15, 0.2) is 48.5 Å². The smallest absolute Gasteiger partial charge is 0.338 e. The highest BCUT2D eigenvalue weighted by molar-refractivity contribution is 6.38. The Morgan fingerprint density at radius 3 is 1.42 bits per heavy atom. The maximum atomic E-state index is 13.9. The number of hydrogen-bond donors (Lipinski definition) is 0. The van der Waals surface area contributed by atoms with Gasteiger partial charge in [-0.25, -0.2) is 9.59 Å². The lowest BCUT2D eigenvalue weighted by atomic mass is 9.70. The van der Waals surface area contributed by atoms with Gasteiger partial charge in [0.05, 0.1) is 50.4 Å². The van der Waals surface area contributed by atoms with E-state index in [0.717, 1.165) is 32.3 Å². The molecule has 2 aliphatic rings. The maximum Gasteiger partial charge on any atom is 0.338 e. The quantitative estimate of drug-likeness (QED) is 0.101. The number of ether oxygens (including phenoxy) is 4. The van der Waals surface area contributed by atoms with Crippen LogP contribution in [-0.2, 0) is 28.5 Å². The van der Waals surface area contributed by atoms with Crippen molar-refractivity contribution in [3.8, 4) is 0 Å². The van der Waals surface area contributed by atoms with Crippen LogP contribution in [0.4, 0.5) is 0 Å². The molecular weight excluding hydrogens is 548 g/mol. The third-order valence-electron chi connectivity index (χ3n) is 9.40. The fraction of sp³-hybridized carbons (Fsp3) is 0.314. The summed E-state index contributed by atoms with van der Waals surface area (Å²) in [5, 5.41) is 6.66. The van der Waals surface area contributed by atoms with Crippen molar-refractivity contribution in [3.05, 3.63) is 70.8 Å². The monoisotopic (exact) mass is 578 g/mol. The van der Waals surface area contributed by atoms with Crippen molar-refractivity contribution in [1.82, 2.24) is 0 Å². The largest absolute Gasteiger partial charge is 0.466 e. The molecule has 0 amide bonds. The molecule has 1 saturated carbocycles. The molecule has 0 aromatic heterocycles. The summed E-state index contributed by atoms with van der Waals surface area (Å²) in [6, 6.07) is 15.9. The maximum absolute atomic E-state index is 13.9. The number of carbonyl (C=O) groups excluding carboxylic acids is 4. The van der Waals surface area contributed by atoms with Gasteiger partial charge in [-0.1, -0.05) is 48.5 Å². The van der Waals surface area contributed by atoms with E-state index in [1.807, 2.05) is 48.5 Å². The molecule has 2 aliphatic carbocycles. The van der Waals surface area contributed by atoms with Crippen LogP contribution in [0.1, 0.15) is 63.9 Å². The Balaban J connectivity index is 1.72. The Kier molecular flexibility index (Phi) is 6.27. The summed E-state index contributed by atoms with van der Waals surface area (Å²) in [7, 11) is 2.65. The van der Waals surface area contributed by atoms with Crippen molar-refractivity contribution in [2.75, 3.05) is 27.4 Å². The van der Waals surface area contributed by atoms with E-state index in [0.29, 0.717) is 39.4 Å². The lowest BCUT2D eigenvalue weighted by molar-refractivity contribution is -0.160. The van der Waals surface area contributed by atoms with Crippen molar-refractivity contribution in [3.63, 3.8) is 0 Å². The second-order valence-electron chi connectivity index (χ2n) is 11.2. The summed E-state index contributed by atoms with van der Waals surface area (Å²) < 4.78 is 21.8. The second kappa shape index (κ2) is 9.93. The van der Waals surface area contributed by atoms with Gasteiger partial charge in [-0.3, -0.25) is 9.59 Å². The minimum Gasteiger partial charge on any atom is -0.466 e. The van der Waals surface area contributed by atoms with E-state index in [9.17, 15) is 19.2 Å². The van der Waals surface area contributed by atoms with E-state index < -0.39 is 47.5 Å². The van der Waals surface area contributed by atoms with Gasteiger partial charge in [-0.2, -0.15) is 0 Å². The molecular formula is C35H30O8. The molecule has 8 heteroatoms. The van der Waals surface area contributed by atoms with Crippen LogP contribution in [0.3, 0.4) is 0 Å². The first-order valence-electron chi connectivity index (χ1n) is 14.6. The molecule has 0 radical (unpaired) electrons. The molecule has 0 saturated heterocycles. The molecule has 2 bridgehead atoms. The van der Waals surface area contributed by atoms with Gasteiger partial charge in [0.1, 0.15) is 0 Å². The lowest BCUT2D eigenvalue weighted by Crippen LogP contribution is -2.37. The van der Waals surface area contributed by atoms with Crippen molar-refractivity contribution < 1.29 is 38.1 Å². The molecule has 5 aromatic rings. The van der Waals surface area contributed by atoms with Gasteiger partial charge in [0.25, 0.3) is 0 Å². The van der Waals surface area contributed by atoms with Gasteiger partial charge in [0.15, 0.2) is 0 Å². The van der Waals surface area contributed by atoms with Crippen molar-refractivity contribution in [2.45, 2.75) is 32.1 Å². The number of methoxy groups -OCH3 is 2. The fourth-order valence-corrected chi connectivity index (χ4v) is 8.06. The molecule has 1 fully saturated rings. The predicted octanol–water partition coefficient (Wildman–Crippen LogP) is 6.25. The Morgan fingerprint density at radius 2 is 1.05 bits per heavy atom. The number of fused-ring (bicyclic) bond motifs is 8. The van der Waals surface area contributed by atoms with E-state index in [-0.39, 0.29) is 13.2 Å². The van der Waals surface area contributed by atoms with Gasteiger partial charge in [-0.15, -0.1) is 0 Å². The summed E-state index contributed by atoms with van der Waals surface area (Å²) in [5.74, 6) is -5.08. The third-order valence-corrected chi connectivity index (χ3v) is 9.40. The number of rotatable bonds is 6. The van der Waals surface area contributed by atoms with Crippen molar-refractivity contribution in [2.24, 2.45) is 11.8 Å². The first-order chi connectivity index (χ1) is 20.9. The highest BCUT2D eigenvalue weighted by Crippen LogP contribution is 2.64. The minimum absolute atomic E-state index is 0.138. The number of hydrogen-bond acceptors (Lipinski definition) is 8. The van der Waals surface area contributed by atoms with Crippen LogP contribution in [0.2, 0.25) is 0 Å². The summed E-state index contributed by atoms with van der Waals surface area (Å²) in [4.78, 5) is 54.8. The van der Waals surface area contributed by atoms with E-state index in [1.165, 1.54) is 14.2 Å². The van der Waals surface area contributed by atoms with Gasteiger partial charge in [0, 0.05) is 10.8 Å². The van der Waals surface area contributed by atoms with E-state index in [1.54, 1.807) is 13.8 Å². The zero-order valence-corrected chi connectivity index (χ0v) is 24.3. The molecule has 0 N–H and O–H groups in total. The zero-order valence-electron chi connectivity index (χ0n) is 24.3. The summed E-state index contributed by atoms with van der Waals surface area (Å²) in [5.41, 5.74) is 1.72. The summed E-state index contributed by atoms with van der Waals surface area (Å²) >= 11 is 0. The molecule has 0 aliphatic heterocycles. The molecule has 4 atom stereocenters. The van der Waals surface area contributed by atoms with Crippen LogP contribution in [0.25, 0.3) is 43.1 Å². The van der Waals surface area contributed by atoms with Gasteiger partial charge in [-0.05, 0) is 75.5 Å². The van der Waals surface area contributed by atoms with Crippen LogP contribution in [0, 0.1) is 11.8 Å². The topological polar surface area (TPSA) is 105 Å². The molecule has 8 nitrogen and oxygen atoms in total. The second-order valence-corrected chi connectivity index (χ2v) is 11.2. The molecule has 0 unspecified atom stereocenters. The minimum atomic E-state index is -0.876. The highest BCUT2D eigenvalue weighted by Gasteiger charge is 2.60. The van der Waals surface area contributed by atoms with Crippen molar-refractivity contribution >= 4 is 67.0 Å². The molecule has 7 rings (SSSR count). The molecule has 0 spiro atoms. The van der Waals surface area contributed by atoms with Crippen LogP contribution < -0.4 is 0 Å². The number of esters is 4. The predicted molar refractivity (Wildman–Crippen MR) is 161 cm³/mol. The standard InChI is InChI=1S/C35H30O8/c1-5-42-34(38)28-20-15-21(29(28)35(39)43-6-2)27-26(20)30(32(36)40-3)24-18-11-7-9-16-13-14-17-10-8-12-19(23(17)22(16)18)25(24)31(27)33(37)41-4/h7-14,20-21,28-29H,5-6,15H2,1-4H3/t20-,21+,28-,29-/m1/s1. The molecule has 43 heavy (non-hydrogen) atoms. The van der Waals surface area contributed by atoms with Gasteiger partial charge in [0.2, 0.25) is 0 Å². The van der Waals surface area contributed by atoms with E-state index in [2.05, 4.69) is 0 Å². The average Bonchev–Trinajstić information content (AvgIpc) is 3.60. The Bertz CT molecular complexity index is 1860. The van der Waals surface area contributed by atoms with Crippen LogP contribution in [0.5, 0.6) is 0 Å². The average molecular weight is 579 g/mol. The zero-order chi connectivity index (χ0) is 30.2. The van der Waals surface area contributed by atoms with Crippen LogP contribution in [-0.4, -0.2) is 51.3 Å².